The second kappa shape index (κ2) is 6.80. The summed E-state index contributed by atoms with van der Waals surface area (Å²) in [5.74, 6) is 0.738. The Bertz CT molecular complexity index is 382. The minimum atomic E-state index is -3.03. The molecule has 96 valence electrons. The lowest BCUT2D eigenvalue weighted by Gasteiger charge is -2.17. The monoisotopic (exact) mass is 258 g/mol. The molecule has 0 aliphatic heterocycles. The zero-order valence-electron chi connectivity index (χ0n) is 10.5. The number of benzene rings is 1. The van der Waals surface area contributed by atoms with Crippen LogP contribution in [0.25, 0.3) is 0 Å². The molecule has 1 aromatic rings. The molecule has 17 heavy (non-hydrogen) atoms. The molecule has 0 radical (unpaired) electrons. The molecule has 0 aliphatic carbocycles. The molecule has 1 rings (SSSR count). The smallest absolute Gasteiger partial charge is 0.335 e. The molecule has 0 fully saturated rings. The van der Waals surface area contributed by atoms with E-state index in [1.165, 1.54) is 0 Å². The summed E-state index contributed by atoms with van der Waals surface area (Å²) in [6, 6.07) is 7.42. The van der Waals surface area contributed by atoms with E-state index in [2.05, 4.69) is 0 Å². The van der Waals surface area contributed by atoms with Crippen LogP contribution in [-0.4, -0.2) is 20.3 Å². The van der Waals surface area contributed by atoms with E-state index in [-0.39, 0.29) is 6.16 Å². The van der Waals surface area contributed by atoms with Gasteiger partial charge in [-0.05, 0) is 31.5 Å². The van der Waals surface area contributed by atoms with Crippen molar-refractivity contribution < 1.29 is 18.3 Å². The maximum atomic E-state index is 12.3. The first kappa shape index (κ1) is 14.2. The second-order valence-corrected chi connectivity index (χ2v) is 5.51. The number of rotatable bonds is 7. The normalized spacial score (nSPS) is 11.5. The van der Waals surface area contributed by atoms with Crippen molar-refractivity contribution in [2.45, 2.75) is 20.0 Å². The fraction of sp³-hybridized carbons (Fsp3) is 0.500. The van der Waals surface area contributed by atoms with Crippen molar-refractivity contribution in [3.63, 3.8) is 0 Å². The SMILES string of the molecule is CCOP(=O)(Cc1cccc(OC)c1)OCC. The fourth-order valence-corrected chi connectivity index (χ4v) is 3.20. The minimum absolute atomic E-state index is 0.270. The summed E-state index contributed by atoms with van der Waals surface area (Å²) in [5, 5.41) is 0. The number of hydrogen-bond donors (Lipinski definition) is 0. The van der Waals surface area contributed by atoms with E-state index in [9.17, 15) is 4.57 Å². The lowest BCUT2D eigenvalue weighted by Crippen LogP contribution is -1.99. The highest BCUT2D eigenvalue weighted by Crippen LogP contribution is 2.51. The Kier molecular flexibility index (Phi) is 5.69. The van der Waals surface area contributed by atoms with Gasteiger partial charge < -0.3 is 13.8 Å². The molecule has 0 unspecified atom stereocenters. The molecular weight excluding hydrogens is 239 g/mol. The molecule has 0 saturated heterocycles. The van der Waals surface area contributed by atoms with E-state index in [1.54, 1.807) is 21.0 Å². The number of methoxy groups -OCH3 is 1. The maximum Gasteiger partial charge on any atom is 0.335 e. The summed E-state index contributed by atoms with van der Waals surface area (Å²) in [4.78, 5) is 0. The van der Waals surface area contributed by atoms with E-state index in [1.807, 2.05) is 24.3 Å². The number of ether oxygens (including phenoxy) is 1. The Morgan fingerprint density at radius 3 is 2.35 bits per heavy atom. The summed E-state index contributed by atoms with van der Waals surface area (Å²) in [6.07, 6.45) is 0.270. The topological polar surface area (TPSA) is 44.8 Å². The lowest BCUT2D eigenvalue weighted by atomic mass is 10.2. The molecule has 5 heteroatoms. The first-order valence-electron chi connectivity index (χ1n) is 5.64. The van der Waals surface area contributed by atoms with Gasteiger partial charge in [0.25, 0.3) is 0 Å². The van der Waals surface area contributed by atoms with Gasteiger partial charge in [0.05, 0.1) is 26.5 Å². The zero-order chi connectivity index (χ0) is 12.7. The number of hydrogen-bond acceptors (Lipinski definition) is 4. The molecular formula is C12H19O4P. The van der Waals surface area contributed by atoms with Crippen LogP contribution in [0.5, 0.6) is 5.75 Å². The lowest BCUT2D eigenvalue weighted by molar-refractivity contribution is 0.219. The van der Waals surface area contributed by atoms with Crippen LogP contribution in [0.2, 0.25) is 0 Å². The average Bonchev–Trinajstić information content (AvgIpc) is 2.29. The summed E-state index contributed by atoms with van der Waals surface area (Å²) in [5.41, 5.74) is 0.884. The van der Waals surface area contributed by atoms with Gasteiger partial charge in [-0.2, -0.15) is 0 Å². The molecule has 0 saturated carbocycles. The molecule has 1 aromatic carbocycles. The van der Waals surface area contributed by atoms with E-state index in [4.69, 9.17) is 13.8 Å². The molecule has 0 atom stereocenters. The van der Waals surface area contributed by atoms with E-state index in [0.29, 0.717) is 13.2 Å². The summed E-state index contributed by atoms with van der Waals surface area (Å²) in [6.45, 7) is 4.36. The predicted molar refractivity (Wildman–Crippen MR) is 67.6 cm³/mol. The highest BCUT2D eigenvalue weighted by Gasteiger charge is 2.24. The zero-order valence-corrected chi connectivity index (χ0v) is 11.4. The van der Waals surface area contributed by atoms with E-state index >= 15 is 0 Å². The van der Waals surface area contributed by atoms with Crippen LogP contribution in [0, 0.1) is 0 Å². The van der Waals surface area contributed by atoms with Crippen molar-refractivity contribution in [3.8, 4) is 5.75 Å². The van der Waals surface area contributed by atoms with Gasteiger partial charge in [-0.1, -0.05) is 12.1 Å². The van der Waals surface area contributed by atoms with Gasteiger partial charge in [-0.15, -0.1) is 0 Å². The van der Waals surface area contributed by atoms with Gasteiger partial charge in [0.2, 0.25) is 0 Å². The largest absolute Gasteiger partial charge is 0.497 e. The van der Waals surface area contributed by atoms with Crippen LogP contribution < -0.4 is 4.74 Å². The molecule has 0 bridgehead atoms. The van der Waals surface area contributed by atoms with Crippen molar-refractivity contribution in [1.82, 2.24) is 0 Å². The minimum Gasteiger partial charge on any atom is -0.497 e. The van der Waals surface area contributed by atoms with Crippen molar-refractivity contribution >= 4 is 7.60 Å². The first-order valence-corrected chi connectivity index (χ1v) is 7.37. The molecule has 0 heterocycles. The highest BCUT2D eigenvalue weighted by molar-refractivity contribution is 7.53. The Hall–Kier alpha value is -0.830. The third-order valence-corrected chi connectivity index (χ3v) is 4.22. The standard InChI is InChI=1S/C12H19O4P/c1-4-15-17(13,16-5-2)10-11-7-6-8-12(9-11)14-3/h6-9H,4-5,10H2,1-3H3. The van der Waals surface area contributed by atoms with Crippen molar-refractivity contribution in [3.05, 3.63) is 29.8 Å². The quantitative estimate of drug-likeness (QED) is 0.702. The Morgan fingerprint density at radius 2 is 1.82 bits per heavy atom. The van der Waals surface area contributed by atoms with Crippen LogP contribution in [0.4, 0.5) is 0 Å². The molecule has 0 amide bonds. The Labute approximate surface area is 102 Å². The first-order chi connectivity index (χ1) is 8.13. The van der Waals surface area contributed by atoms with E-state index in [0.717, 1.165) is 11.3 Å². The van der Waals surface area contributed by atoms with Gasteiger partial charge in [-0.3, -0.25) is 4.57 Å². The van der Waals surface area contributed by atoms with Crippen LogP contribution >= 0.6 is 7.60 Å². The van der Waals surface area contributed by atoms with Crippen LogP contribution in [0.15, 0.2) is 24.3 Å². The highest BCUT2D eigenvalue weighted by atomic mass is 31.2. The van der Waals surface area contributed by atoms with Crippen molar-refractivity contribution in [2.24, 2.45) is 0 Å². The van der Waals surface area contributed by atoms with E-state index < -0.39 is 7.60 Å². The molecule has 0 aromatic heterocycles. The third-order valence-electron chi connectivity index (χ3n) is 2.16. The molecule has 4 nitrogen and oxygen atoms in total. The molecule has 0 N–H and O–H groups in total. The predicted octanol–water partition coefficient (Wildman–Crippen LogP) is 3.46. The Balaban J connectivity index is 2.81. The van der Waals surface area contributed by atoms with Gasteiger partial charge in [0.1, 0.15) is 5.75 Å². The van der Waals surface area contributed by atoms with Crippen LogP contribution in [0.1, 0.15) is 19.4 Å². The van der Waals surface area contributed by atoms with Crippen molar-refractivity contribution in [1.29, 1.82) is 0 Å². The fourth-order valence-electron chi connectivity index (χ4n) is 1.52. The Morgan fingerprint density at radius 1 is 1.18 bits per heavy atom. The maximum absolute atomic E-state index is 12.3. The summed E-state index contributed by atoms with van der Waals surface area (Å²) >= 11 is 0. The second-order valence-electron chi connectivity index (χ2n) is 3.46. The van der Waals surface area contributed by atoms with Crippen molar-refractivity contribution in [2.75, 3.05) is 20.3 Å². The summed E-state index contributed by atoms with van der Waals surface area (Å²) < 4.78 is 27.9. The molecule has 0 aliphatic rings. The van der Waals surface area contributed by atoms with Gasteiger partial charge in [-0.25, -0.2) is 0 Å². The van der Waals surface area contributed by atoms with Gasteiger partial charge in [0.15, 0.2) is 0 Å². The van der Waals surface area contributed by atoms with Crippen LogP contribution in [-0.2, 0) is 19.8 Å². The van der Waals surface area contributed by atoms with Gasteiger partial charge >= 0.3 is 7.60 Å². The molecule has 0 spiro atoms. The third kappa shape index (κ3) is 4.50. The summed E-state index contributed by atoms with van der Waals surface area (Å²) in [7, 11) is -1.43. The van der Waals surface area contributed by atoms with Gasteiger partial charge in [0, 0.05) is 0 Å². The van der Waals surface area contributed by atoms with Crippen LogP contribution in [0.3, 0.4) is 0 Å². The average molecular weight is 258 g/mol.